The summed E-state index contributed by atoms with van der Waals surface area (Å²) in [6.07, 6.45) is 23.0. The molecule has 0 bridgehead atoms. The van der Waals surface area contributed by atoms with Crippen LogP contribution in [0.2, 0.25) is 0 Å². The van der Waals surface area contributed by atoms with Crippen molar-refractivity contribution in [2.45, 2.75) is 103 Å². The van der Waals surface area contributed by atoms with E-state index < -0.39 is 0 Å². The van der Waals surface area contributed by atoms with Crippen LogP contribution in [0.25, 0.3) is 0 Å². The number of aliphatic hydroxyl groups is 1. The first-order chi connectivity index (χ1) is 10.9. The Labute approximate surface area is 140 Å². The van der Waals surface area contributed by atoms with Crippen molar-refractivity contribution in [3.05, 3.63) is 6.42 Å². The van der Waals surface area contributed by atoms with Crippen LogP contribution in [0.5, 0.6) is 0 Å². The molecule has 0 unspecified atom stereocenters. The van der Waals surface area contributed by atoms with Gasteiger partial charge in [-0.3, -0.25) is 0 Å². The Morgan fingerprint density at radius 2 is 1.00 bits per heavy atom. The summed E-state index contributed by atoms with van der Waals surface area (Å²) < 4.78 is 5.25. The minimum absolute atomic E-state index is 0.150. The van der Waals surface area contributed by atoms with E-state index in [0.717, 1.165) is 13.0 Å². The lowest BCUT2D eigenvalue weighted by Gasteiger charge is -2.04. The van der Waals surface area contributed by atoms with Crippen molar-refractivity contribution in [2.24, 2.45) is 0 Å². The predicted molar refractivity (Wildman–Crippen MR) is 97.1 cm³/mol. The lowest BCUT2D eigenvalue weighted by molar-refractivity contribution is 0.0895. The molecule has 1 N–H and O–H groups in total. The van der Waals surface area contributed by atoms with Crippen molar-refractivity contribution < 1.29 is 9.84 Å². The van der Waals surface area contributed by atoms with Gasteiger partial charge < -0.3 is 9.84 Å². The standard InChI is InChI=1S/C20H41O2/c1-2-3-4-5-6-7-8-9-10-11-12-13-14-15-16-17-19-22-20-18-21/h2,21H,3-20H2,1H3. The molecule has 0 aliphatic rings. The number of aliphatic hydroxyl groups excluding tert-OH is 1. The van der Waals surface area contributed by atoms with Crippen molar-refractivity contribution in [3.8, 4) is 0 Å². The van der Waals surface area contributed by atoms with E-state index in [0.29, 0.717) is 6.61 Å². The highest BCUT2D eigenvalue weighted by atomic mass is 16.5. The molecule has 0 saturated heterocycles. The molecule has 2 heteroatoms. The van der Waals surface area contributed by atoms with Gasteiger partial charge in [-0.25, -0.2) is 0 Å². The molecule has 0 atom stereocenters. The maximum absolute atomic E-state index is 8.58. The molecule has 133 valence electrons. The Morgan fingerprint density at radius 3 is 1.41 bits per heavy atom. The van der Waals surface area contributed by atoms with Crippen molar-refractivity contribution in [1.82, 2.24) is 0 Å². The average Bonchev–Trinajstić information content (AvgIpc) is 2.54. The molecule has 0 heterocycles. The van der Waals surface area contributed by atoms with Crippen LogP contribution in [-0.2, 0) is 4.74 Å². The third kappa shape index (κ3) is 19.9. The quantitative estimate of drug-likeness (QED) is 0.293. The highest BCUT2D eigenvalue weighted by Gasteiger charge is 1.94. The Bertz CT molecular complexity index is 163. The first kappa shape index (κ1) is 21.9. The second-order valence-electron chi connectivity index (χ2n) is 6.48. The first-order valence-corrected chi connectivity index (χ1v) is 9.88. The van der Waals surface area contributed by atoms with Gasteiger partial charge in [0.25, 0.3) is 0 Å². The normalized spacial score (nSPS) is 11.2. The Hall–Kier alpha value is -0.0800. The summed E-state index contributed by atoms with van der Waals surface area (Å²) in [5.74, 6) is 0. The maximum Gasteiger partial charge on any atom is 0.0697 e. The SMILES string of the molecule is C[CH]CCCCCCCCCCCCCCCCOCCO. The largest absolute Gasteiger partial charge is 0.394 e. The van der Waals surface area contributed by atoms with Crippen LogP contribution in [0.15, 0.2) is 0 Å². The molecule has 0 fully saturated rings. The van der Waals surface area contributed by atoms with Gasteiger partial charge in [0, 0.05) is 6.61 Å². The van der Waals surface area contributed by atoms with Crippen LogP contribution in [0.1, 0.15) is 103 Å². The van der Waals surface area contributed by atoms with Crippen LogP contribution < -0.4 is 0 Å². The summed E-state index contributed by atoms with van der Waals surface area (Å²) in [4.78, 5) is 0. The number of ether oxygens (including phenoxy) is 1. The van der Waals surface area contributed by atoms with Gasteiger partial charge in [-0.1, -0.05) is 96.8 Å². The predicted octanol–water partition coefficient (Wildman–Crippen LogP) is 6.07. The van der Waals surface area contributed by atoms with Gasteiger partial charge in [-0.05, 0) is 12.8 Å². The highest BCUT2D eigenvalue weighted by Crippen LogP contribution is 2.13. The van der Waals surface area contributed by atoms with Gasteiger partial charge in [0.1, 0.15) is 0 Å². The van der Waals surface area contributed by atoms with E-state index in [2.05, 4.69) is 13.3 Å². The summed E-state index contributed by atoms with van der Waals surface area (Å²) in [5.41, 5.74) is 0. The topological polar surface area (TPSA) is 29.5 Å². The fourth-order valence-electron chi connectivity index (χ4n) is 2.84. The second-order valence-corrected chi connectivity index (χ2v) is 6.48. The maximum atomic E-state index is 8.58. The van der Waals surface area contributed by atoms with Gasteiger partial charge in [0.2, 0.25) is 0 Å². The molecule has 0 aliphatic heterocycles. The zero-order valence-corrected chi connectivity index (χ0v) is 15.2. The van der Waals surface area contributed by atoms with Gasteiger partial charge in [-0.2, -0.15) is 0 Å². The van der Waals surface area contributed by atoms with E-state index >= 15 is 0 Å². The molecule has 0 aromatic carbocycles. The van der Waals surface area contributed by atoms with E-state index in [1.165, 1.54) is 89.9 Å². The molecular weight excluding hydrogens is 272 g/mol. The summed E-state index contributed by atoms with van der Waals surface area (Å²) in [5, 5.41) is 8.58. The Balaban J connectivity index is 2.91. The zero-order chi connectivity index (χ0) is 16.1. The summed E-state index contributed by atoms with van der Waals surface area (Å²) >= 11 is 0. The molecule has 0 amide bonds. The minimum atomic E-state index is 0.150. The zero-order valence-electron chi connectivity index (χ0n) is 15.2. The molecule has 0 aromatic rings. The molecule has 1 radical (unpaired) electrons. The van der Waals surface area contributed by atoms with Crippen LogP contribution in [0, 0.1) is 6.42 Å². The molecule has 0 aromatic heterocycles. The van der Waals surface area contributed by atoms with Gasteiger partial charge in [0.15, 0.2) is 0 Å². The minimum Gasteiger partial charge on any atom is -0.394 e. The van der Waals surface area contributed by atoms with E-state index in [9.17, 15) is 0 Å². The fraction of sp³-hybridized carbons (Fsp3) is 0.950. The first-order valence-electron chi connectivity index (χ1n) is 9.88. The molecule has 0 spiro atoms. The van der Waals surface area contributed by atoms with Crippen LogP contribution in [0.3, 0.4) is 0 Å². The Morgan fingerprint density at radius 1 is 0.591 bits per heavy atom. The molecule has 2 nitrogen and oxygen atoms in total. The lowest BCUT2D eigenvalue weighted by Crippen LogP contribution is -2.00. The fourth-order valence-corrected chi connectivity index (χ4v) is 2.84. The van der Waals surface area contributed by atoms with E-state index in [4.69, 9.17) is 9.84 Å². The lowest BCUT2D eigenvalue weighted by atomic mass is 10.0. The highest BCUT2D eigenvalue weighted by molar-refractivity contribution is 4.55. The molecule has 0 saturated carbocycles. The van der Waals surface area contributed by atoms with Crippen molar-refractivity contribution >= 4 is 0 Å². The third-order valence-electron chi connectivity index (χ3n) is 4.27. The van der Waals surface area contributed by atoms with E-state index in [-0.39, 0.29) is 6.61 Å². The smallest absolute Gasteiger partial charge is 0.0697 e. The summed E-state index contributed by atoms with van der Waals surface area (Å²) in [6, 6.07) is 0. The monoisotopic (exact) mass is 313 g/mol. The van der Waals surface area contributed by atoms with Crippen molar-refractivity contribution in [2.75, 3.05) is 19.8 Å². The Kier molecular flexibility index (Phi) is 20.8. The van der Waals surface area contributed by atoms with Crippen molar-refractivity contribution in [3.63, 3.8) is 0 Å². The summed E-state index contributed by atoms with van der Waals surface area (Å²) in [6.45, 7) is 3.62. The van der Waals surface area contributed by atoms with Crippen LogP contribution in [-0.4, -0.2) is 24.9 Å². The average molecular weight is 314 g/mol. The van der Waals surface area contributed by atoms with E-state index in [1.54, 1.807) is 0 Å². The summed E-state index contributed by atoms with van der Waals surface area (Å²) in [7, 11) is 0. The van der Waals surface area contributed by atoms with Crippen LogP contribution >= 0.6 is 0 Å². The number of unbranched alkanes of at least 4 members (excludes halogenated alkanes) is 15. The third-order valence-corrected chi connectivity index (χ3v) is 4.27. The van der Waals surface area contributed by atoms with Gasteiger partial charge in [-0.15, -0.1) is 0 Å². The number of rotatable bonds is 19. The van der Waals surface area contributed by atoms with Crippen LogP contribution in [0.4, 0.5) is 0 Å². The van der Waals surface area contributed by atoms with Gasteiger partial charge >= 0.3 is 0 Å². The second kappa shape index (κ2) is 20.9. The molecule has 22 heavy (non-hydrogen) atoms. The van der Waals surface area contributed by atoms with E-state index in [1.807, 2.05) is 0 Å². The molecular formula is C20H41O2. The van der Waals surface area contributed by atoms with Gasteiger partial charge in [0.05, 0.1) is 13.2 Å². The number of hydrogen-bond donors (Lipinski definition) is 1. The molecule has 0 rings (SSSR count). The number of hydrogen-bond acceptors (Lipinski definition) is 2. The molecule has 0 aliphatic carbocycles. The van der Waals surface area contributed by atoms with Crippen molar-refractivity contribution in [1.29, 1.82) is 0 Å².